The van der Waals surface area contributed by atoms with E-state index in [0.29, 0.717) is 38.9 Å². The van der Waals surface area contributed by atoms with Crippen molar-refractivity contribution in [2.45, 2.75) is 45.7 Å². The maximum atomic E-state index is 12.6. The molecule has 7 heteroatoms. The quantitative estimate of drug-likeness (QED) is 0.719. The molecule has 1 fully saturated rings. The summed E-state index contributed by atoms with van der Waals surface area (Å²) >= 11 is 0. The first-order valence-corrected chi connectivity index (χ1v) is 8.92. The van der Waals surface area contributed by atoms with E-state index in [4.69, 9.17) is 10.5 Å². The van der Waals surface area contributed by atoms with E-state index in [-0.39, 0.29) is 24.2 Å². The number of halogens is 1. The van der Waals surface area contributed by atoms with Crippen molar-refractivity contribution in [3.8, 4) is 5.75 Å². The lowest BCUT2D eigenvalue weighted by Gasteiger charge is -2.29. The summed E-state index contributed by atoms with van der Waals surface area (Å²) in [6.45, 7) is 5.40. The monoisotopic (exact) mass is 383 g/mol. The summed E-state index contributed by atoms with van der Waals surface area (Å²) in [7, 11) is 1.63. The van der Waals surface area contributed by atoms with E-state index in [2.05, 4.69) is 5.32 Å². The molecule has 1 atom stereocenters. The van der Waals surface area contributed by atoms with Crippen LogP contribution < -0.4 is 15.8 Å². The van der Waals surface area contributed by atoms with Crippen molar-refractivity contribution in [3.05, 3.63) is 29.8 Å². The van der Waals surface area contributed by atoms with E-state index < -0.39 is 11.5 Å². The number of likely N-dealkylation sites (tertiary alicyclic amines) is 1. The lowest BCUT2D eigenvalue weighted by molar-refractivity contribution is -0.137. The predicted molar refractivity (Wildman–Crippen MR) is 104 cm³/mol. The van der Waals surface area contributed by atoms with E-state index in [1.165, 1.54) is 0 Å². The fourth-order valence-electron chi connectivity index (χ4n) is 3.25. The Morgan fingerprint density at radius 1 is 1.31 bits per heavy atom. The molecule has 0 aromatic heterocycles. The summed E-state index contributed by atoms with van der Waals surface area (Å²) in [6, 6.07) is 7.22. The molecule has 2 amide bonds. The van der Waals surface area contributed by atoms with Crippen LogP contribution in [0.5, 0.6) is 5.75 Å². The predicted octanol–water partition coefficient (Wildman–Crippen LogP) is 2.10. The molecule has 146 valence electrons. The lowest BCUT2D eigenvalue weighted by Crippen LogP contribution is -2.50. The van der Waals surface area contributed by atoms with Crippen LogP contribution in [0.4, 0.5) is 0 Å². The van der Waals surface area contributed by atoms with Crippen molar-refractivity contribution in [2.24, 2.45) is 11.1 Å². The number of methoxy groups -OCH3 is 1. The van der Waals surface area contributed by atoms with Gasteiger partial charge in [-0.25, -0.2) is 0 Å². The molecule has 26 heavy (non-hydrogen) atoms. The van der Waals surface area contributed by atoms with Gasteiger partial charge in [-0.2, -0.15) is 0 Å². The first-order valence-electron chi connectivity index (χ1n) is 8.92. The van der Waals surface area contributed by atoms with Crippen molar-refractivity contribution in [3.63, 3.8) is 0 Å². The second kappa shape index (κ2) is 9.78. The first kappa shape index (κ1) is 22.3. The number of nitrogens with one attached hydrogen (secondary N) is 1. The standard InChI is InChI=1S/C19H29N3O3.ClH/c1-4-19(5-2,13-20)18(24)21-16-10-11-22(17(16)23)12-14-6-8-15(25-3)9-7-14;/h6-9,16H,4-5,10-13,20H2,1-3H3,(H,21,24);1H. The van der Waals surface area contributed by atoms with Gasteiger partial charge in [0.25, 0.3) is 0 Å². The first-order chi connectivity index (χ1) is 12.0. The number of nitrogens with two attached hydrogens (primary N) is 1. The van der Waals surface area contributed by atoms with E-state index in [1.807, 2.05) is 38.1 Å². The van der Waals surface area contributed by atoms with Crippen molar-refractivity contribution in [2.75, 3.05) is 20.2 Å². The average molecular weight is 384 g/mol. The minimum absolute atomic E-state index is 0. The molecule has 1 heterocycles. The average Bonchev–Trinajstić information content (AvgIpc) is 2.98. The molecule has 0 aliphatic carbocycles. The molecule has 2 rings (SSSR count). The summed E-state index contributed by atoms with van der Waals surface area (Å²) in [4.78, 5) is 27.0. The fourth-order valence-corrected chi connectivity index (χ4v) is 3.25. The molecular weight excluding hydrogens is 354 g/mol. The topological polar surface area (TPSA) is 84.7 Å². The molecule has 1 aromatic rings. The molecule has 3 N–H and O–H groups in total. The number of nitrogens with zero attached hydrogens (tertiary/aromatic N) is 1. The van der Waals surface area contributed by atoms with E-state index in [0.717, 1.165) is 11.3 Å². The van der Waals surface area contributed by atoms with Gasteiger partial charge in [-0.1, -0.05) is 26.0 Å². The van der Waals surface area contributed by atoms with Crippen LogP contribution in [-0.4, -0.2) is 43.0 Å². The van der Waals surface area contributed by atoms with Gasteiger partial charge in [0.2, 0.25) is 11.8 Å². The summed E-state index contributed by atoms with van der Waals surface area (Å²) in [5.41, 5.74) is 6.29. The smallest absolute Gasteiger partial charge is 0.245 e. The van der Waals surface area contributed by atoms with Gasteiger partial charge in [0.1, 0.15) is 11.8 Å². The summed E-state index contributed by atoms with van der Waals surface area (Å²) in [6.07, 6.45) is 1.97. The second-order valence-electron chi connectivity index (χ2n) is 6.61. The minimum Gasteiger partial charge on any atom is -0.497 e. The third-order valence-corrected chi connectivity index (χ3v) is 5.36. The zero-order valence-corrected chi connectivity index (χ0v) is 16.6. The van der Waals surface area contributed by atoms with Crippen LogP contribution in [0.2, 0.25) is 0 Å². The Labute approximate surface area is 161 Å². The summed E-state index contributed by atoms with van der Waals surface area (Å²) < 4.78 is 5.15. The van der Waals surface area contributed by atoms with E-state index in [1.54, 1.807) is 12.0 Å². The normalized spacial score (nSPS) is 17.0. The highest BCUT2D eigenvalue weighted by Crippen LogP contribution is 2.26. The molecule has 1 unspecified atom stereocenters. The van der Waals surface area contributed by atoms with Gasteiger partial charge in [0.15, 0.2) is 0 Å². The minimum atomic E-state index is -0.580. The van der Waals surface area contributed by atoms with Crippen molar-refractivity contribution < 1.29 is 14.3 Å². The SMILES string of the molecule is CCC(CC)(CN)C(=O)NC1CCN(Cc2ccc(OC)cc2)C1=O.Cl. The number of ether oxygens (including phenoxy) is 1. The molecule has 0 spiro atoms. The third-order valence-electron chi connectivity index (χ3n) is 5.36. The van der Waals surface area contributed by atoms with Gasteiger partial charge in [0.05, 0.1) is 12.5 Å². The van der Waals surface area contributed by atoms with Crippen LogP contribution in [0, 0.1) is 5.41 Å². The van der Waals surface area contributed by atoms with Crippen molar-refractivity contribution >= 4 is 24.2 Å². The Kier molecular flexibility index (Phi) is 8.37. The molecule has 0 radical (unpaired) electrons. The fraction of sp³-hybridized carbons (Fsp3) is 0.579. The van der Waals surface area contributed by atoms with Crippen LogP contribution >= 0.6 is 12.4 Å². The number of rotatable bonds is 8. The Balaban J connectivity index is 0.00000338. The number of benzene rings is 1. The summed E-state index contributed by atoms with van der Waals surface area (Å²) in [5, 5.41) is 2.93. The maximum Gasteiger partial charge on any atom is 0.245 e. The highest BCUT2D eigenvalue weighted by Gasteiger charge is 2.38. The molecule has 1 aliphatic rings. The van der Waals surface area contributed by atoms with Gasteiger partial charge in [0, 0.05) is 19.6 Å². The second-order valence-corrected chi connectivity index (χ2v) is 6.61. The highest BCUT2D eigenvalue weighted by atomic mass is 35.5. The number of hydrogen-bond donors (Lipinski definition) is 2. The van der Waals surface area contributed by atoms with Crippen molar-refractivity contribution in [1.29, 1.82) is 0 Å². The van der Waals surface area contributed by atoms with Gasteiger partial charge >= 0.3 is 0 Å². The largest absolute Gasteiger partial charge is 0.497 e. The molecular formula is C19H30ClN3O3. The van der Waals surface area contributed by atoms with E-state index >= 15 is 0 Å². The summed E-state index contributed by atoms with van der Waals surface area (Å²) in [5.74, 6) is 0.658. The number of carbonyl (C=O) groups is 2. The van der Waals surface area contributed by atoms with Gasteiger partial charge < -0.3 is 20.7 Å². The van der Waals surface area contributed by atoms with Gasteiger partial charge in [-0.15, -0.1) is 12.4 Å². The zero-order valence-electron chi connectivity index (χ0n) is 15.8. The molecule has 0 saturated carbocycles. The molecule has 0 bridgehead atoms. The Hall–Kier alpha value is -1.79. The number of carbonyl (C=O) groups excluding carboxylic acids is 2. The van der Waals surface area contributed by atoms with Crippen LogP contribution in [0.3, 0.4) is 0 Å². The molecule has 1 aromatic carbocycles. The zero-order chi connectivity index (χ0) is 18.4. The Bertz CT molecular complexity index is 594. The third kappa shape index (κ3) is 4.68. The molecule has 1 aliphatic heterocycles. The van der Waals surface area contributed by atoms with Crippen LogP contribution in [-0.2, 0) is 16.1 Å². The highest BCUT2D eigenvalue weighted by molar-refractivity contribution is 5.91. The van der Waals surface area contributed by atoms with Crippen LogP contribution in [0.15, 0.2) is 24.3 Å². The van der Waals surface area contributed by atoms with Gasteiger partial charge in [-0.05, 0) is 37.0 Å². The maximum absolute atomic E-state index is 12.6. The number of amides is 2. The number of hydrogen-bond acceptors (Lipinski definition) is 4. The lowest BCUT2D eigenvalue weighted by atomic mass is 9.81. The Morgan fingerprint density at radius 3 is 2.42 bits per heavy atom. The van der Waals surface area contributed by atoms with Crippen molar-refractivity contribution in [1.82, 2.24) is 10.2 Å². The Morgan fingerprint density at radius 2 is 1.92 bits per heavy atom. The molecule has 6 nitrogen and oxygen atoms in total. The van der Waals surface area contributed by atoms with E-state index in [9.17, 15) is 9.59 Å². The molecule has 1 saturated heterocycles. The van der Waals surface area contributed by atoms with Crippen LogP contribution in [0.1, 0.15) is 38.7 Å². The van der Waals surface area contributed by atoms with Gasteiger partial charge in [-0.3, -0.25) is 9.59 Å². The van der Waals surface area contributed by atoms with Crippen LogP contribution in [0.25, 0.3) is 0 Å².